The van der Waals surface area contributed by atoms with E-state index in [1.807, 2.05) is 18.2 Å². The number of benzene rings is 2. The van der Waals surface area contributed by atoms with Gasteiger partial charge >= 0.3 is 0 Å². The number of fused-ring (bicyclic) bond motifs is 1. The van der Waals surface area contributed by atoms with Crippen LogP contribution in [0.4, 0.5) is 17.1 Å². The second-order valence-electron chi connectivity index (χ2n) is 10.1. The minimum atomic E-state index is -2.58. The number of piperidine rings is 1. The molecule has 5 rings (SSSR count). The Bertz CT molecular complexity index is 1420. The van der Waals surface area contributed by atoms with Crippen molar-refractivity contribution in [2.45, 2.75) is 18.9 Å². The van der Waals surface area contributed by atoms with E-state index >= 15 is 0 Å². The fourth-order valence-electron chi connectivity index (χ4n) is 5.09. The highest BCUT2D eigenvalue weighted by Gasteiger charge is 2.22. The number of H-pyrrole nitrogens is 1. The van der Waals surface area contributed by atoms with Gasteiger partial charge in [0.15, 0.2) is 0 Å². The Hall–Kier alpha value is -2.79. The number of aromatic amines is 1. The number of pyridine rings is 1. The first-order chi connectivity index (χ1) is 17.2. The van der Waals surface area contributed by atoms with E-state index in [0.717, 1.165) is 46.8 Å². The number of rotatable bonds is 6. The number of hydrogen-bond donors (Lipinski definition) is 2. The standard InChI is InChI=1S/C28H33ClN5OP/c1-33(2)20-13-16-34(17-14-20)21-10-8-19(9-11-21)26-18-22-24(12-15-30-28(22)32-26)31-25-7-5-6-23(29)27(25)36(3,4)35/h5-12,15,18,20H,13-14,16-17H2,1-4H3,(H2,30,31,32). The Labute approximate surface area is 218 Å². The molecule has 0 radical (unpaired) electrons. The third-order valence-electron chi connectivity index (χ3n) is 7.06. The molecule has 0 bridgehead atoms. The molecule has 0 saturated carbocycles. The molecule has 3 heterocycles. The van der Waals surface area contributed by atoms with Crippen LogP contribution < -0.4 is 15.5 Å². The third-order valence-corrected chi connectivity index (χ3v) is 9.07. The fourth-order valence-corrected chi connectivity index (χ4v) is 7.18. The molecule has 0 atom stereocenters. The molecule has 1 fully saturated rings. The second kappa shape index (κ2) is 9.93. The van der Waals surface area contributed by atoms with E-state index in [0.29, 0.717) is 16.4 Å². The van der Waals surface area contributed by atoms with E-state index in [4.69, 9.17) is 11.6 Å². The van der Waals surface area contributed by atoms with Crippen molar-refractivity contribution in [3.8, 4) is 11.3 Å². The summed E-state index contributed by atoms with van der Waals surface area (Å²) in [6.45, 7) is 5.65. The highest BCUT2D eigenvalue weighted by Crippen LogP contribution is 2.42. The third kappa shape index (κ3) is 5.04. The Kier molecular flexibility index (Phi) is 6.86. The number of nitrogens with one attached hydrogen (secondary N) is 2. The average molecular weight is 522 g/mol. The monoisotopic (exact) mass is 521 g/mol. The SMILES string of the molecule is CN(C)C1CCN(c2ccc(-c3cc4c(Nc5cccc(Cl)c5P(C)(C)=O)ccnc4[nH]3)cc2)CC1. The van der Waals surface area contributed by atoms with Gasteiger partial charge in [0.1, 0.15) is 12.8 Å². The van der Waals surface area contributed by atoms with Crippen molar-refractivity contribution in [3.05, 3.63) is 65.8 Å². The van der Waals surface area contributed by atoms with Gasteiger partial charge in [0.2, 0.25) is 0 Å². The molecule has 0 unspecified atom stereocenters. The molecule has 188 valence electrons. The zero-order valence-corrected chi connectivity index (χ0v) is 22.9. The maximum atomic E-state index is 12.9. The minimum absolute atomic E-state index is 0.513. The smallest absolute Gasteiger partial charge is 0.139 e. The van der Waals surface area contributed by atoms with Crippen molar-refractivity contribution in [2.75, 3.05) is 50.7 Å². The maximum Gasteiger partial charge on any atom is 0.139 e. The van der Waals surface area contributed by atoms with Crippen molar-refractivity contribution in [3.63, 3.8) is 0 Å². The van der Waals surface area contributed by atoms with Crippen molar-refractivity contribution in [2.24, 2.45) is 0 Å². The van der Waals surface area contributed by atoms with Gasteiger partial charge in [-0.05, 0) is 82.2 Å². The molecule has 1 aliphatic heterocycles. The number of hydrogen-bond acceptors (Lipinski definition) is 5. The average Bonchev–Trinajstić information content (AvgIpc) is 3.29. The molecule has 0 spiro atoms. The minimum Gasteiger partial charge on any atom is -0.371 e. The predicted octanol–water partition coefficient (Wildman–Crippen LogP) is 6.41. The first kappa shape index (κ1) is 24.9. The first-order valence-corrected chi connectivity index (χ1v) is 15.3. The Morgan fingerprint density at radius 1 is 1.06 bits per heavy atom. The van der Waals surface area contributed by atoms with E-state index in [1.165, 1.54) is 18.5 Å². The lowest BCUT2D eigenvalue weighted by Gasteiger charge is -2.36. The molecule has 2 N–H and O–H groups in total. The number of nitrogens with zero attached hydrogens (tertiary/aromatic N) is 3. The normalized spacial score (nSPS) is 15.1. The number of anilines is 3. The summed E-state index contributed by atoms with van der Waals surface area (Å²) in [6.07, 6.45) is 4.16. The predicted molar refractivity (Wildman–Crippen MR) is 154 cm³/mol. The van der Waals surface area contributed by atoms with Crippen LogP contribution in [0.2, 0.25) is 5.02 Å². The molecule has 36 heavy (non-hydrogen) atoms. The lowest BCUT2D eigenvalue weighted by molar-refractivity contribution is 0.249. The van der Waals surface area contributed by atoms with Crippen molar-refractivity contribution < 1.29 is 4.57 Å². The van der Waals surface area contributed by atoms with Crippen LogP contribution in [0.1, 0.15) is 12.8 Å². The van der Waals surface area contributed by atoms with Crippen LogP contribution in [0.15, 0.2) is 60.8 Å². The van der Waals surface area contributed by atoms with Gasteiger partial charge in [-0.1, -0.05) is 29.8 Å². The first-order valence-electron chi connectivity index (χ1n) is 12.3. The molecule has 1 saturated heterocycles. The van der Waals surface area contributed by atoms with Gasteiger partial charge < -0.3 is 24.7 Å². The van der Waals surface area contributed by atoms with Crippen LogP contribution >= 0.6 is 18.7 Å². The molecular weight excluding hydrogens is 489 g/mol. The quantitative estimate of drug-likeness (QED) is 0.287. The van der Waals surface area contributed by atoms with E-state index in [9.17, 15) is 4.57 Å². The van der Waals surface area contributed by atoms with Crippen LogP contribution in [-0.2, 0) is 4.57 Å². The zero-order valence-electron chi connectivity index (χ0n) is 21.3. The van der Waals surface area contributed by atoms with Crippen LogP contribution in [0.5, 0.6) is 0 Å². The summed E-state index contributed by atoms with van der Waals surface area (Å²) in [5.41, 5.74) is 5.83. The zero-order chi connectivity index (χ0) is 25.4. The molecular formula is C28H33ClN5OP. The molecule has 4 aromatic rings. The van der Waals surface area contributed by atoms with E-state index in [1.54, 1.807) is 25.6 Å². The number of aromatic nitrogens is 2. The molecule has 0 aliphatic carbocycles. The molecule has 2 aromatic carbocycles. The molecule has 1 aliphatic rings. The van der Waals surface area contributed by atoms with Gasteiger partial charge in [-0.3, -0.25) is 0 Å². The Morgan fingerprint density at radius 2 is 1.78 bits per heavy atom. The van der Waals surface area contributed by atoms with E-state index < -0.39 is 7.14 Å². The van der Waals surface area contributed by atoms with E-state index in [-0.39, 0.29) is 0 Å². The summed E-state index contributed by atoms with van der Waals surface area (Å²) in [6, 6.07) is 19.1. The largest absolute Gasteiger partial charge is 0.371 e. The van der Waals surface area contributed by atoms with Gasteiger partial charge in [0, 0.05) is 42.1 Å². The molecule has 8 heteroatoms. The summed E-state index contributed by atoms with van der Waals surface area (Å²) >= 11 is 6.44. The van der Waals surface area contributed by atoms with Gasteiger partial charge in [-0.25, -0.2) is 4.98 Å². The van der Waals surface area contributed by atoms with Crippen molar-refractivity contribution >= 4 is 52.1 Å². The lowest BCUT2D eigenvalue weighted by atomic mass is 10.0. The summed E-state index contributed by atoms with van der Waals surface area (Å²) in [7, 11) is 1.76. The molecule has 6 nitrogen and oxygen atoms in total. The van der Waals surface area contributed by atoms with Gasteiger partial charge in [-0.15, -0.1) is 0 Å². The fraction of sp³-hybridized carbons (Fsp3) is 0.321. The summed E-state index contributed by atoms with van der Waals surface area (Å²) < 4.78 is 12.9. The summed E-state index contributed by atoms with van der Waals surface area (Å²) in [5.74, 6) is 0. The lowest BCUT2D eigenvalue weighted by Crippen LogP contribution is -2.41. The number of halogens is 1. The highest BCUT2D eigenvalue weighted by atomic mass is 35.5. The van der Waals surface area contributed by atoms with Crippen LogP contribution in [0.3, 0.4) is 0 Å². The Balaban J connectivity index is 1.40. The molecule has 0 amide bonds. The highest BCUT2D eigenvalue weighted by molar-refractivity contribution is 7.70. The van der Waals surface area contributed by atoms with Crippen molar-refractivity contribution in [1.82, 2.24) is 14.9 Å². The maximum absolute atomic E-state index is 12.9. The van der Waals surface area contributed by atoms with Crippen molar-refractivity contribution in [1.29, 1.82) is 0 Å². The van der Waals surface area contributed by atoms with Crippen LogP contribution in [0.25, 0.3) is 22.3 Å². The van der Waals surface area contributed by atoms with Gasteiger partial charge in [0.25, 0.3) is 0 Å². The topological polar surface area (TPSA) is 64.3 Å². The summed E-state index contributed by atoms with van der Waals surface area (Å²) in [5, 5.41) is 5.61. The molecule has 2 aromatic heterocycles. The van der Waals surface area contributed by atoms with Gasteiger partial charge in [0.05, 0.1) is 21.7 Å². The van der Waals surface area contributed by atoms with Crippen LogP contribution in [0, 0.1) is 0 Å². The van der Waals surface area contributed by atoms with Crippen LogP contribution in [-0.4, -0.2) is 61.4 Å². The second-order valence-corrected chi connectivity index (χ2v) is 13.7. The summed E-state index contributed by atoms with van der Waals surface area (Å²) in [4.78, 5) is 12.8. The Morgan fingerprint density at radius 3 is 2.44 bits per heavy atom. The van der Waals surface area contributed by atoms with E-state index in [2.05, 4.69) is 69.5 Å². The van der Waals surface area contributed by atoms with Gasteiger partial charge in [-0.2, -0.15) is 0 Å².